The van der Waals surface area contributed by atoms with Gasteiger partial charge in [0, 0.05) is 40.8 Å². The van der Waals surface area contributed by atoms with E-state index in [4.69, 9.17) is 24.6 Å². The molecular weight excluding hydrogens is 725 g/mol. The Morgan fingerprint density at radius 2 is 0.879 bits per heavy atom. The Morgan fingerprint density at radius 1 is 0.534 bits per heavy atom. The van der Waals surface area contributed by atoms with Crippen molar-refractivity contribution in [2.45, 2.75) is 246 Å². The number of aliphatic hydroxyl groups excluding tert-OH is 1. The molecule has 2 fully saturated rings. The summed E-state index contributed by atoms with van der Waals surface area (Å²) in [7, 11) is 0. The van der Waals surface area contributed by atoms with Crippen molar-refractivity contribution in [3.63, 3.8) is 0 Å². The molecule has 0 spiro atoms. The number of rotatable bonds is 29. The number of nitrogens with zero attached hydrogens (tertiary/aromatic N) is 5. The first-order valence-electron chi connectivity index (χ1n) is 24.0. The zero-order chi connectivity index (χ0) is 42.8. The molecule has 1 aromatic heterocycles. The minimum Gasteiger partial charge on any atom is -0.395 e. The molecule has 1 aromatic rings. The number of hydrogen-bond donors (Lipinski definition) is 4. The third-order valence-corrected chi connectivity index (χ3v) is 12.7. The lowest BCUT2D eigenvalue weighted by atomic mass is 9.71. The van der Waals surface area contributed by atoms with Crippen LogP contribution in [-0.4, -0.2) is 90.8 Å². The summed E-state index contributed by atoms with van der Waals surface area (Å²) in [6.45, 7) is 29.8. The van der Waals surface area contributed by atoms with Crippen LogP contribution >= 0.6 is 0 Å². The van der Waals surface area contributed by atoms with Crippen molar-refractivity contribution in [1.29, 1.82) is 0 Å². The summed E-state index contributed by atoms with van der Waals surface area (Å²) in [5, 5.41) is 25.3. The van der Waals surface area contributed by atoms with Crippen molar-refractivity contribution in [3.8, 4) is 0 Å². The fourth-order valence-corrected chi connectivity index (χ4v) is 10.6. The minimum absolute atomic E-state index is 0.00145. The second-order valence-corrected chi connectivity index (χ2v) is 20.4. The molecular formula is C47H92N8O3. The summed E-state index contributed by atoms with van der Waals surface area (Å²) < 4.78 is 0. The number of hydrogen-bond acceptors (Lipinski definition) is 11. The van der Waals surface area contributed by atoms with E-state index in [9.17, 15) is 5.11 Å². The molecule has 2 atom stereocenters. The van der Waals surface area contributed by atoms with Gasteiger partial charge >= 0.3 is 0 Å². The lowest BCUT2D eigenvalue weighted by Gasteiger charge is -2.55. The van der Waals surface area contributed by atoms with E-state index < -0.39 is 0 Å². The van der Waals surface area contributed by atoms with Crippen molar-refractivity contribution in [3.05, 3.63) is 0 Å². The Balaban J connectivity index is 1.77. The molecule has 11 heteroatoms. The van der Waals surface area contributed by atoms with E-state index in [2.05, 4.69) is 109 Å². The van der Waals surface area contributed by atoms with Crippen LogP contribution in [0.4, 0.5) is 17.8 Å². The smallest absolute Gasteiger partial charge is 0.229 e. The van der Waals surface area contributed by atoms with E-state index >= 15 is 0 Å². The quantitative estimate of drug-likeness (QED) is 0.0578. The maximum Gasteiger partial charge on any atom is 0.229 e. The van der Waals surface area contributed by atoms with E-state index in [1.165, 1.54) is 64.2 Å². The Hall–Kier alpha value is -1.79. The molecule has 3 rings (SSSR count). The summed E-state index contributed by atoms with van der Waals surface area (Å²) in [6, 6.07) is 0.387. The monoisotopic (exact) mass is 817 g/mol. The zero-order valence-electron chi connectivity index (χ0n) is 39.8. The fourth-order valence-electron chi connectivity index (χ4n) is 10.6. The Kier molecular flexibility index (Phi) is 21.4. The molecule has 0 aromatic carbocycles. The predicted molar refractivity (Wildman–Crippen MR) is 244 cm³/mol. The van der Waals surface area contributed by atoms with Gasteiger partial charge in [0.2, 0.25) is 17.8 Å². The number of anilines is 3. The summed E-state index contributed by atoms with van der Waals surface area (Å²) in [5.74, 6) is 2.47. The standard InChI is InChI=1S/C47H92N8O3/c1-13-17-19-21-23-25-31-57-54-44(5,6)33-37(34-45(54,7)8)39(27-15-3)49-42-51-41(48-29-30-56)52-43(53-42)50-40(28-16-4)38-35-46(9,10)55(47(11,12)36-38)58-32-26-24-22-20-18-14-2/h37-40,56H,13-36H2,1-12H3,(H3,48,49,50,51,52,53). The number of unbranched alkanes of at least 4 members (excludes halogenated alkanes) is 10. The molecule has 3 heterocycles. The zero-order valence-corrected chi connectivity index (χ0v) is 39.8. The topological polar surface area (TPSA) is 120 Å². The number of hydroxylamine groups is 4. The van der Waals surface area contributed by atoms with Crippen molar-refractivity contribution >= 4 is 17.8 Å². The molecule has 2 saturated heterocycles. The first kappa shape index (κ1) is 50.6. The van der Waals surface area contributed by atoms with Crippen molar-refractivity contribution in [2.75, 3.05) is 42.3 Å². The van der Waals surface area contributed by atoms with Gasteiger partial charge in [-0.15, -0.1) is 0 Å². The second-order valence-electron chi connectivity index (χ2n) is 20.4. The van der Waals surface area contributed by atoms with Gasteiger partial charge in [-0.25, -0.2) is 0 Å². The first-order valence-corrected chi connectivity index (χ1v) is 24.0. The molecule has 338 valence electrons. The molecule has 0 bridgehead atoms. The van der Waals surface area contributed by atoms with Crippen LogP contribution in [0.3, 0.4) is 0 Å². The predicted octanol–water partition coefficient (Wildman–Crippen LogP) is 11.6. The van der Waals surface area contributed by atoms with Gasteiger partial charge in [-0.2, -0.15) is 25.1 Å². The summed E-state index contributed by atoms with van der Waals surface area (Å²) in [4.78, 5) is 28.0. The van der Waals surface area contributed by atoms with Gasteiger partial charge in [0.05, 0.1) is 19.8 Å². The van der Waals surface area contributed by atoms with E-state index in [1.807, 2.05) is 0 Å². The molecule has 11 nitrogen and oxygen atoms in total. The van der Waals surface area contributed by atoms with Crippen LogP contribution in [0.1, 0.15) is 212 Å². The van der Waals surface area contributed by atoms with E-state index in [1.54, 1.807) is 0 Å². The third-order valence-electron chi connectivity index (χ3n) is 12.7. The fraction of sp³-hybridized carbons (Fsp3) is 0.936. The van der Waals surface area contributed by atoms with Crippen LogP contribution in [0, 0.1) is 11.8 Å². The average Bonchev–Trinajstić information content (AvgIpc) is 3.13. The maximum absolute atomic E-state index is 9.71. The maximum atomic E-state index is 9.71. The van der Waals surface area contributed by atoms with Crippen LogP contribution in [0.2, 0.25) is 0 Å². The lowest BCUT2D eigenvalue weighted by Crippen LogP contribution is -2.62. The summed E-state index contributed by atoms with van der Waals surface area (Å²) in [6.07, 6.45) is 23.4. The molecule has 0 amide bonds. The van der Waals surface area contributed by atoms with Crippen LogP contribution in [0.25, 0.3) is 0 Å². The summed E-state index contributed by atoms with van der Waals surface area (Å²) in [5.41, 5.74) is -0.477. The van der Waals surface area contributed by atoms with Crippen LogP contribution in [0.5, 0.6) is 0 Å². The molecule has 2 unspecified atom stereocenters. The highest BCUT2D eigenvalue weighted by Gasteiger charge is 2.49. The van der Waals surface area contributed by atoms with E-state index in [0.29, 0.717) is 36.2 Å². The highest BCUT2D eigenvalue weighted by atomic mass is 16.7. The van der Waals surface area contributed by atoms with Crippen LogP contribution in [-0.2, 0) is 9.68 Å². The number of piperidine rings is 2. The van der Waals surface area contributed by atoms with Gasteiger partial charge < -0.3 is 21.1 Å². The van der Waals surface area contributed by atoms with Crippen molar-refractivity contribution in [1.82, 2.24) is 25.1 Å². The average molecular weight is 817 g/mol. The highest BCUT2D eigenvalue weighted by molar-refractivity contribution is 5.43. The van der Waals surface area contributed by atoms with Gasteiger partial charge in [0.1, 0.15) is 0 Å². The Morgan fingerprint density at radius 3 is 1.22 bits per heavy atom. The van der Waals surface area contributed by atoms with Gasteiger partial charge in [0.15, 0.2) is 0 Å². The van der Waals surface area contributed by atoms with Gasteiger partial charge in [0.25, 0.3) is 0 Å². The third kappa shape index (κ3) is 15.9. The van der Waals surface area contributed by atoms with Gasteiger partial charge in [-0.1, -0.05) is 105 Å². The molecule has 0 aliphatic carbocycles. The van der Waals surface area contributed by atoms with E-state index in [-0.39, 0.29) is 40.8 Å². The highest BCUT2D eigenvalue weighted by Crippen LogP contribution is 2.45. The number of nitrogens with one attached hydrogen (secondary N) is 3. The molecule has 0 saturated carbocycles. The molecule has 58 heavy (non-hydrogen) atoms. The first-order chi connectivity index (χ1) is 27.5. The summed E-state index contributed by atoms with van der Waals surface area (Å²) >= 11 is 0. The number of aromatic nitrogens is 3. The van der Waals surface area contributed by atoms with Gasteiger partial charge in [-0.3, -0.25) is 9.68 Å². The molecule has 4 N–H and O–H groups in total. The van der Waals surface area contributed by atoms with Crippen LogP contribution < -0.4 is 16.0 Å². The minimum atomic E-state index is -0.119. The van der Waals surface area contributed by atoms with Gasteiger partial charge in [-0.05, 0) is 119 Å². The largest absolute Gasteiger partial charge is 0.395 e. The lowest BCUT2D eigenvalue weighted by molar-refractivity contribution is -0.289. The Labute approximate surface area is 356 Å². The molecule has 2 aliphatic heterocycles. The normalized spacial score (nSPS) is 20.8. The van der Waals surface area contributed by atoms with Crippen molar-refractivity contribution in [2.24, 2.45) is 11.8 Å². The number of aliphatic hydroxyl groups is 1. The second kappa shape index (κ2) is 24.6. The molecule has 0 radical (unpaired) electrons. The SMILES string of the molecule is CCCCCCCCON1C(C)(C)CC(C(CCC)Nc2nc(NCCO)nc(NC(CCC)C3CC(C)(C)N(OCCCCCCCC)C(C)(C)C3)n2)CC1(C)C. The van der Waals surface area contributed by atoms with E-state index in [0.717, 1.165) is 77.4 Å². The molecule has 2 aliphatic rings. The Bertz CT molecular complexity index is 1150. The van der Waals surface area contributed by atoms with Crippen molar-refractivity contribution < 1.29 is 14.8 Å². The van der Waals surface area contributed by atoms with Crippen LogP contribution in [0.15, 0.2) is 0 Å².